The summed E-state index contributed by atoms with van der Waals surface area (Å²) in [5.74, 6) is 1.75. The number of nitrogens with one attached hydrogen (secondary N) is 2. The van der Waals surface area contributed by atoms with Crippen molar-refractivity contribution < 1.29 is 5.11 Å². The van der Waals surface area contributed by atoms with E-state index in [0.717, 1.165) is 24.2 Å². The summed E-state index contributed by atoms with van der Waals surface area (Å²) in [5.41, 5.74) is 1.78. The van der Waals surface area contributed by atoms with Crippen molar-refractivity contribution in [2.45, 2.75) is 39.2 Å². The summed E-state index contributed by atoms with van der Waals surface area (Å²) in [4.78, 5) is 23.6. The Balaban J connectivity index is 1.86. The van der Waals surface area contributed by atoms with Gasteiger partial charge in [0, 0.05) is 6.42 Å². The number of aryl methyl sites for hydroxylation is 2. The number of nitrogens with zero attached hydrogens (tertiary/aromatic N) is 2. The molecule has 3 rings (SSSR count). The van der Waals surface area contributed by atoms with Crippen molar-refractivity contribution >= 4 is 27.5 Å². The van der Waals surface area contributed by atoms with E-state index in [4.69, 9.17) is 0 Å². The Bertz CT molecular complexity index is 905. The van der Waals surface area contributed by atoms with Crippen molar-refractivity contribution in [1.29, 1.82) is 0 Å². The first-order valence-corrected chi connectivity index (χ1v) is 9.68. The average Bonchev–Trinajstić information content (AvgIpc) is 3.00. The number of thiazole rings is 1. The summed E-state index contributed by atoms with van der Waals surface area (Å²) in [6.45, 7) is 4.24. The van der Waals surface area contributed by atoms with Crippen molar-refractivity contribution in [3.63, 3.8) is 0 Å². The zero-order valence-corrected chi connectivity index (χ0v) is 15.8. The average molecular weight is 372 g/mol. The van der Waals surface area contributed by atoms with Crippen LogP contribution >= 0.6 is 11.3 Å². The summed E-state index contributed by atoms with van der Waals surface area (Å²) in [7, 11) is 0. The molecule has 0 unspecified atom stereocenters. The first-order chi connectivity index (χ1) is 12.5. The molecule has 0 saturated heterocycles. The van der Waals surface area contributed by atoms with Gasteiger partial charge in [0.1, 0.15) is 16.3 Å². The van der Waals surface area contributed by atoms with Crippen LogP contribution in [-0.4, -0.2) is 32.7 Å². The van der Waals surface area contributed by atoms with Crippen LogP contribution in [0, 0.1) is 5.92 Å². The Hall–Kier alpha value is -2.25. The molecule has 0 radical (unpaired) electrons. The Morgan fingerprint density at radius 1 is 1.19 bits per heavy atom. The Morgan fingerprint density at radius 3 is 2.65 bits per heavy atom. The number of hydrogen-bond donors (Lipinski definition) is 3. The van der Waals surface area contributed by atoms with E-state index in [1.54, 1.807) is 0 Å². The van der Waals surface area contributed by atoms with E-state index >= 15 is 0 Å². The minimum absolute atomic E-state index is 0.0162. The van der Waals surface area contributed by atoms with Crippen LogP contribution in [-0.2, 0) is 12.8 Å². The molecule has 0 bridgehead atoms. The molecule has 0 amide bonds. The lowest BCUT2D eigenvalue weighted by Crippen LogP contribution is -2.26. The molecule has 0 aliphatic carbocycles. The van der Waals surface area contributed by atoms with Gasteiger partial charge in [-0.15, -0.1) is 0 Å². The van der Waals surface area contributed by atoms with Gasteiger partial charge < -0.3 is 10.4 Å². The second-order valence-electron chi connectivity index (χ2n) is 6.82. The van der Waals surface area contributed by atoms with Gasteiger partial charge in [-0.3, -0.25) is 9.78 Å². The smallest absolute Gasteiger partial charge is 0.306 e. The number of aliphatic hydroxyl groups excluding tert-OH is 1. The van der Waals surface area contributed by atoms with E-state index in [-0.39, 0.29) is 17.5 Å². The zero-order valence-electron chi connectivity index (χ0n) is 15.0. The molecule has 26 heavy (non-hydrogen) atoms. The molecule has 3 N–H and O–H groups in total. The topological polar surface area (TPSA) is 90.9 Å². The van der Waals surface area contributed by atoms with E-state index < -0.39 is 0 Å². The van der Waals surface area contributed by atoms with Gasteiger partial charge in [0.2, 0.25) is 0 Å². The van der Waals surface area contributed by atoms with E-state index in [1.165, 1.54) is 5.56 Å². The first-order valence-electron chi connectivity index (χ1n) is 8.86. The van der Waals surface area contributed by atoms with E-state index in [2.05, 4.69) is 46.2 Å². The van der Waals surface area contributed by atoms with E-state index in [1.807, 2.05) is 18.2 Å². The number of benzene rings is 1. The quantitative estimate of drug-likeness (QED) is 0.565. The van der Waals surface area contributed by atoms with E-state index in [0.29, 0.717) is 34.3 Å². The summed E-state index contributed by atoms with van der Waals surface area (Å²) in [5, 5.41) is 13.0. The largest absolute Gasteiger partial charge is 0.394 e. The highest BCUT2D eigenvalue weighted by Gasteiger charge is 2.16. The summed E-state index contributed by atoms with van der Waals surface area (Å²) < 4.78 is 0.709. The molecule has 1 atom stereocenters. The number of aromatic amines is 1. The molecule has 0 aliphatic heterocycles. The third kappa shape index (κ3) is 4.68. The van der Waals surface area contributed by atoms with E-state index in [9.17, 15) is 9.90 Å². The van der Waals surface area contributed by atoms with Gasteiger partial charge in [-0.1, -0.05) is 55.5 Å². The number of H-pyrrole nitrogens is 1. The highest BCUT2D eigenvalue weighted by atomic mass is 32.1. The molecule has 0 saturated carbocycles. The minimum atomic E-state index is -0.151. The highest BCUT2D eigenvalue weighted by molar-refractivity contribution is 7.16. The molecule has 7 heteroatoms. The monoisotopic (exact) mass is 372 g/mol. The molecule has 3 aromatic rings. The fraction of sp³-hybridized carbons (Fsp3) is 0.421. The number of fused-ring (bicyclic) bond motifs is 1. The van der Waals surface area contributed by atoms with Crippen LogP contribution in [0.3, 0.4) is 0 Å². The Morgan fingerprint density at radius 2 is 1.96 bits per heavy atom. The van der Waals surface area contributed by atoms with Crippen molar-refractivity contribution in [1.82, 2.24) is 15.0 Å². The van der Waals surface area contributed by atoms with Gasteiger partial charge in [-0.2, -0.15) is 0 Å². The van der Waals surface area contributed by atoms with Gasteiger partial charge in [-0.25, -0.2) is 9.97 Å². The molecule has 2 heterocycles. The van der Waals surface area contributed by atoms with Crippen molar-refractivity contribution in [3.8, 4) is 0 Å². The van der Waals surface area contributed by atoms with Crippen LogP contribution in [0.5, 0.6) is 0 Å². The van der Waals surface area contributed by atoms with Gasteiger partial charge in [-0.05, 0) is 24.3 Å². The number of aromatic nitrogens is 3. The van der Waals surface area contributed by atoms with Crippen LogP contribution in [0.4, 0.5) is 5.82 Å². The lowest BCUT2D eigenvalue weighted by molar-refractivity contribution is 0.259. The molecule has 0 fully saturated rings. The maximum Gasteiger partial charge on any atom is 0.306 e. The van der Waals surface area contributed by atoms with Gasteiger partial charge >= 0.3 is 4.87 Å². The lowest BCUT2D eigenvalue weighted by atomic mass is 10.0. The third-order valence-electron chi connectivity index (χ3n) is 4.12. The summed E-state index contributed by atoms with van der Waals surface area (Å²) >= 11 is 1.09. The van der Waals surface area contributed by atoms with Crippen molar-refractivity contribution in [2.24, 2.45) is 5.92 Å². The van der Waals surface area contributed by atoms with Gasteiger partial charge in [0.25, 0.3) is 0 Å². The minimum Gasteiger partial charge on any atom is -0.394 e. The van der Waals surface area contributed by atoms with Crippen molar-refractivity contribution in [2.75, 3.05) is 11.9 Å². The van der Waals surface area contributed by atoms with Crippen LogP contribution in [0.15, 0.2) is 35.1 Å². The normalized spacial score (nSPS) is 12.6. The molecular weight excluding hydrogens is 348 g/mol. The van der Waals surface area contributed by atoms with Crippen LogP contribution in [0.1, 0.15) is 31.7 Å². The summed E-state index contributed by atoms with van der Waals surface area (Å²) in [6, 6.07) is 10.1. The Kier molecular flexibility index (Phi) is 6.00. The summed E-state index contributed by atoms with van der Waals surface area (Å²) in [6.07, 6.45) is 2.33. The first kappa shape index (κ1) is 18.5. The number of hydrogen-bond acceptors (Lipinski definition) is 6. The van der Waals surface area contributed by atoms with Gasteiger partial charge in [0.05, 0.1) is 12.6 Å². The zero-order chi connectivity index (χ0) is 18.5. The predicted molar refractivity (Wildman–Crippen MR) is 106 cm³/mol. The number of aliphatic hydroxyl groups is 1. The second kappa shape index (κ2) is 8.42. The lowest BCUT2D eigenvalue weighted by Gasteiger charge is -2.19. The Labute approximate surface area is 156 Å². The number of rotatable bonds is 8. The molecule has 0 spiro atoms. The van der Waals surface area contributed by atoms with Crippen LogP contribution in [0.25, 0.3) is 10.3 Å². The highest BCUT2D eigenvalue weighted by Crippen LogP contribution is 2.23. The predicted octanol–water partition coefficient (Wildman–Crippen LogP) is 2.98. The maximum atomic E-state index is 11.8. The molecule has 138 valence electrons. The molecular formula is C19H24N4O2S. The second-order valence-corrected chi connectivity index (χ2v) is 7.80. The molecule has 6 nitrogen and oxygen atoms in total. The van der Waals surface area contributed by atoms with Gasteiger partial charge in [0.15, 0.2) is 5.65 Å². The molecule has 1 aromatic carbocycles. The molecule has 2 aromatic heterocycles. The molecule has 0 aliphatic rings. The third-order valence-corrected chi connectivity index (χ3v) is 5.00. The number of anilines is 1. The van der Waals surface area contributed by atoms with Crippen molar-refractivity contribution in [3.05, 3.63) is 51.4 Å². The van der Waals surface area contributed by atoms with Crippen LogP contribution < -0.4 is 10.2 Å². The standard InChI is InChI=1S/C19H24N4O2S/c1-12(2)10-14(11-24)20-17-16-18(23-19(25)26-16)22-15(21-17)9-8-13-6-4-3-5-7-13/h3-7,12,14,24H,8-11H2,1-2H3,(H2,20,21,22,23,25)/t14-/m1/s1. The fourth-order valence-corrected chi connectivity index (χ4v) is 3.67. The SMILES string of the molecule is CC(C)C[C@H](CO)Nc1nc(CCc2ccccc2)nc2[nH]c(=O)sc12. The fourth-order valence-electron chi connectivity index (χ4n) is 2.95. The van der Waals surface area contributed by atoms with Crippen LogP contribution in [0.2, 0.25) is 0 Å². The maximum absolute atomic E-state index is 11.8.